The Kier molecular flexibility index (Phi) is 3.26. The van der Waals surface area contributed by atoms with Crippen molar-refractivity contribution in [2.24, 2.45) is 0 Å². The average Bonchev–Trinajstić information content (AvgIpc) is 2.30. The van der Waals surface area contributed by atoms with Gasteiger partial charge in [0.15, 0.2) is 5.16 Å². The molecule has 0 radical (unpaired) electrons. The van der Waals surface area contributed by atoms with Crippen LogP contribution in [0.15, 0.2) is 46.6 Å². The first-order chi connectivity index (χ1) is 7.79. The van der Waals surface area contributed by atoms with E-state index < -0.39 is 0 Å². The maximum atomic E-state index is 5.59. The lowest BCUT2D eigenvalue weighted by molar-refractivity contribution is 0.405. The number of aromatic nitrogens is 2. The summed E-state index contributed by atoms with van der Waals surface area (Å²) in [4.78, 5) is 9.21. The number of para-hydroxylation sites is 1. The molecule has 2 N–H and O–H groups in total. The van der Waals surface area contributed by atoms with E-state index in [1.165, 1.54) is 11.8 Å². The summed E-state index contributed by atoms with van der Waals surface area (Å²) in [6.45, 7) is 0. The minimum atomic E-state index is 0.465. The van der Waals surface area contributed by atoms with Crippen molar-refractivity contribution in [2.75, 3.05) is 12.8 Å². The fourth-order valence-electron chi connectivity index (χ4n) is 1.20. The molecule has 0 bridgehead atoms. The van der Waals surface area contributed by atoms with Crippen molar-refractivity contribution in [3.63, 3.8) is 0 Å². The van der Waals surface area contributed by atoms with Crippen LogP contribution < -0.4 is 10.5 Å². The number of hydrogen-bond donors (Lipinski definition) is 1. The number of rotatable bonds is 3. The van der Waals surface area contributed by atoms with Gasteiger partial charge in [-0.2, -0.15) is 0 Å². The van der Waals surface area contributed by atoms with E-state index in [0.29, 0.717) is 11.0 Å². The molecule has 0 fully saturated rings. The van der Waals surface area contributed by atoms with Crippen LogP contribution in [0.2, 0.25) is 0 Å². The maximum absolute atomic E-state index is 5.59. The van der Waals surface area contributed by atoms with Crippen molar-refractivity contribution < 1.29 is 4.74 Å². The highest BCUT2D eigenvalue weighted by Gasteiger charge is 2.05. The molecule has 0 amide bonds. The third kappa shape index (κ3) is 2.43. The van der Waals surface area contributed by atoms with Crippen molar-refractivity contribution in [3.8, 4) is 5.75 Å². The second-order valence-electron chi connectivity index (χ2n) is 3.02. The van der Waals surface area contributed by atoms with Crippen molar-refractivity contribution >= 4 is 17.6 Å². The molecule has 0 aliphatic carbocycles. The summed E-state index contributed by atoms with van der Waals surface area (Å²) in [6, 6.07) is 9.37. The lowest BCUT2D eigenvalue weighted by Crippen LogP contribution is -1.93. The van der Waals surface area contributed by atoms with Crippen LogP contribution in [0.3, 0.4) is 0 Å². The molecule has 0 atom stereocenters. The molecule has 0 saturated carbocycles. The van der Waals surface area contributed by atoms with Gasteiger partial charge < -0.3 is 10.5 Å². The number of methoxy groups -OCH3 is 1. The lowest BCUT2D eigenvalue weighted by Gasteiger charge is -2.06. The van der Waals surface area contributed by atoms with Gasteiger partial charge in [0.2, 0.25) is 0 Å². The van der Waals surface area contributed by atoms with Gasteiger partial charge in [-0.25, -0.2) is 9.97 Å². The first-order valence-electron chi connectivity index (χ1n) is 4.69. The summed E-state index contributed by atoms with van der Waals surface area (Å²) in [5.41, 5.74) is 5.59. The first kappa shape index (κ1) is 10.8. The van der Waals surface area contributed by atoms with E-state index in [2.05, 4.69) is 9.97 Å². The van der Waals surface area contributed by atoms with Gasteiger partial charge in [0, 0.05) is 6.20 Å². The quantitative estimate of drug-likeness (QED) is 0.824. The average molecular weight is 233 g/mol. The summed E-state index contributed by atoms with van der Waals surface area (Å²) in [5, 5.41) is 0.615. The Morgan fingerprint density at radius 1 is 1.25 bits per heavy atom. The smallest absolute Gasteiger partial charge is 0.194 e. The fourth-order valence-corrected chi connectivity index (χ4v) is 2.06. The Balaban J connectivity index is 2.26. The number of ether oxygens (including phenoxy) is 1. The lowest BCUT2D eigenvalue weighted by atomic mass is 10.3. The van der Waals surface area contributed by atoms with Crippen LogP contribution in [0.4, 0.5) is 5.82 Å². The van der Waals surface area contributed by atoms with Crippen LogP contribution in [0, 0.1) is 0 Å². The van der Waals surface area contributed by atoms with Gasteiger partial charge in [-0.05, 0) is 30.0 Å². The summed E-state index contributed by atoms with van der Waals surface area (Å²) in [5.74, 6) is 1.27. The van der Waals surface area contributed by atoms with Crippen molar-refractivity contribution in [2.45, 2.75) is 10.1 Å². The second-order valence-corrected chi connectivity index (χ2v) is 4.03. The van der Waals surface area contributed by atoms with Crippen molar-refractivity contribution in [1.82, 2.24) is 9.97 Å². The van der Waals surface area contributed by atoms with E-state index in [-0.39, 0.29) is 0 Å². The third-order valence-electron chi connectivity index (χ3n) is 1.93. The van der Waals surface area contributed by atoms with Crippen LogP contribution >= 0.6 is 11.8 Å². The summed E-state index contributed by atoms with van der Waals surface area (Å²) < 4.78 is 5.24. The Morgan fingerprint density at radius 2 is 2.06 bits per heavy atom. The van der Waals surface area contributed by atoms with Crippen LogP contribution in [-0.2, 0) is 0 Å². The van der Waals surface area contributed by atoms with Gasteiger partial charge in [0.05, 0.1) is 12.0 Å². The van der Waals surface area contributed by atoms with E-state index in [4.69, 9.17) is 10.5 Å². The van der Waals surface area contributed by atoms with E-state index >= 15 is 0 Å². The topological polar surface area (TPSA) is 61.0 Å². The Bertz CT molecular complexity index is 490. The maximum Gasteiger partial charge on any atom is 0.194 e. The normalized spacial score (nSPS) is 10.1. The molecule has 0 spiro atoms. The first-order valence-corrected chi connectivity index (χ1v) is 5.50. The zero-order valence-electron chi connectivity index (χ0n) is 8.75. The predicted molar refractivity (Wildman–Crippen MR) is 63.6 cm³/mol. The molecular weight excluding hydrogens is 222 g/mol. The van der Waals surface area contributed by atoms with Gasteiger partial charge >= 0.3 is 0 Å². The molecule has 2 aromatic rings. The SMILES string of the molecule is COc1ccccc1Sc1nccc(N)n1. The summed E-state index contributed by atoms with van der Waals surface area (Å²) >= 11 is 1.43. The molecule has 2 rings (SSSR count). The predicted octanol–water partition coefficient (Wildman–Crippen LogP) is 2.22. The molecule has 0 saturated heterocycles. The van der Waals surface area contributed by atoms with Crippen LogP contribution in [0.25, 0.3) is 0 Å². The molecule has 1 aromatic heterocycles. The molecule has 4 nitrogen and oxygen atoms in total. The van der Waals surface area contributed by atoms with Gasteiger partial charge in [0.1, 0.15) is 11.6 Å². The van der Waals surface area contributed by atoms with Gasteiger partial charge in [-0.1, -0.05) is 12.1 Å². The molecule has 5 heteroatoms. The highest BCUT2D eigenvalue weighted by Crippen LogP contribution is 2.32. The standard InChI is InChI=1S/C11H11N3OS/c1-15-8-4-2-3-5-9(8)16-11-13-7-6-10(12)14-11/h2-7H,1H3,(H2,12,13,14). The number of anilines is 1. The molecular formula is C11H11N3OS. The molecule has 0 aliphatic heterocycles. The minimum absolute atomic E-state index is 0.465. The number of nitrogens with zero attached hydrogens (tertiary/aromatic N) is 2. The minimum Gasteiger partial charge on any atom is -0.496 e. The second kappa shape index (κ2) is 4.85. The molecule has 16 heavy (non-hydrogen) atoms. The van der Waals surface area contributed by atoms with E-state index in [1.807, 2.05) is 24.3 Å². The molecule has 0 aliphatic rings. The Hall–Kier alpha value is -1.75. The van der Waals surface area contributed by atoms with E-state index in [1.54, 1.807) is 19.4 Å². The zero-order chi connectivity index (χ0) is 11.4. The van der Waals surface area contributed by atoms with Gasteiger partial charge in [-0.15, -0.1) is 0 Å². The Morgan fingerprint density at radius 3 is 2.81 bits per heavy atom. The van der Waals surface area contributed by atoms with Crippen molar-refractivity contribution in [1.29, 1.82) is 0 Å². The molecule has 1 heterocycles. The zero-order valence-corrected chi connectivity index (χ0v) is 9.57. The number of hydrogen-bond acceptors (Lipinski definition) is 5. The number of benzene rings is 1. The van der Waals surface area contributed by atoms with Crippen LogP contribution in [-0.4, -0.2) is 17.1 Å². The fraction of sp³-hybridized carbons (Fsp3) is 0.0909. The molecule has 82 valence electrons. The molecule has 0 unspecified atom stereocenters. The molecule has 1 aromatic carbocycles. The monoisotopic (exact) mass is 233 g/mol. The van der Waals surface area contributed by atoms with Crippen LogP contribution in [0.1, 0.15) is 0 Å². The van der Waals surface area contributed by atoms with Crippen molar-refractivity contribution in [3.05, 3.63) is 36.5 Å². The van der Waals surface area contributed by atoms with Gasteiger partial charge in [0.25, 0.3) is 0 Å². The number of nitrogen functional groups attached to an aromatic ring is 1. The van der Waals surface area contributed by atoms with Crippen LogP contribution in [0.5, 0.6) is 5.75 Å². The number of nitrogens with two attached hydrogens (primary N) is 1. The third-order valence-corrected chi connectivity index (χ3v) is 2.86. The van der Waals surface area contributed by atoms with Gasteiger partial charge in [-0.3, -0.25) is 0 Å². The summed E-state index contributed by atoms with van der Waals surface area (Å²) in [7, 11) is 1.64. The largest absolute Gasteiger partial charge is 0.496 e. The highest BCUT2D eigenvalue weighted by molar-refractivity contribution is 7.99. The summed E-state index contributed by atoms with van der Waals surface area (Å²) in [6.07, 6.45) is 1.64. The van der Waals surface area contributed by atoms with E-state index in [9.17, 15) is 0 Å². The Labute approximate surface area is 97.9 Å². The van der Waals surface area contributed by atoms with E-state index in [0.717, 1.165) is 10.6 Å². The highest BCUT2D eigenvalue weighted by atomic mass is 32.2.